The average molecular weight is 477 g/mol. The van der Waals surface area contributed by atoms with Crippen LogP contribution in [0.5, 0.6) is 11.6 Å². The number of nitrogens with zero attached hydrogens (tertiary/aromatic N) is 4. The highest BCUT2D eigenvalue weighted by atomic mass is 19.4. The fourth-order valence-corrected chi connectivity index (χ4v) is 3.80. The number of ether oxygens (including phenoxy) is 1. The molecule has 2 aromatic heterocycles. The first-order valence-corrected chi connectivity index (χ1v) is 10.5. The highest BCUT2D eigenvalue weighted by Gasteiger charge is 2.33. The molecule has 3 aromatic rings. The number of hydrogen-bond acceptors (Lipinski definition) is 5. The molecular weight excluding hydrogens is 455 g/mol. The molecule has 0 radical (unpaired) electrons. The number of amides is 2. The molecule has 0 aliphatic carbocycles. The van der Waals surface area contributed by atoms with Crippen LogP contribution in [0.1, 0.15) is 11.3 Å². The first-order valence-electron chi connectivity index (χ1n) is 10.5. The SMILES string of the molecule is NCc1cc(Oc2cccc3c2ccn3CC(=O)N2CCN(C(=O)O)CC2)nc(C(F)(F)F)c1. The number of carboxylic acid groups (broad SMARTS) is 1. The fraction of sp³-hybridized carbons (Fsp3) is 0.318. The summed E-state index contributed by atoms with van der Waals surface area (Å²) in [4.78, 5) is 30.2. The van der Waals surface area contributed by atoms with Gasteiger partial charge >= 0.3 is 12.3 Å². The molecule has 3 N–H and O–H groups in total. The molecule has 2 amide bonds. The largest absolute Gasteiger partial charge is 0.465 e. The van der Waals surface area contributed by atoms with E-state index in [4.69, 9.17) is 15.6 Å². The molecule has 9 nitrogen and oxygen atoms in total. The van der Waals surface area contributed by atoms with Gasteiger partial charge in [-0.05, 0) is 29.8 Å². The van der Waals surface area contributed by atoms with Crippen molar-refractivity contribution in [1.82, 2.24) is 19.4 Å². The number of aromatic nitrogens is 2. The zero-order valence-corrected chi connectivity index (χ0v) is 18.0. The fourth-order valence-electron chi connectivity index (χ4n) is 3.80. The van der Waals surface area contributed by atoms with Crippen LogP contribution in [0.25, 0.3) is 10.9 Å². The van der Waals surface area contributed by atoms with E-state index in [0.29, 0.717) is 24.0 Å². The third-order valence-electron chi connectivity index (χ3n) is 5.58. The van der Waals surface area contributed by atoms with Crippen molar-refractivity contribution in [2.45, 2.75) is 19.3 Å². The zero-order valence-electron chi connectivity index (χ0n) is 18.0. The Balaban J connectivity index is 1.54. The molecule has 1 saturated heterocycles. The van der Waals surface area contributed by atoms with E-state index in [1.165, 1.54) is 11.0 Å². The number of benzene rings is 1. The van der Waals surface area contributed by atoms with Crippen LogP contribution in [-0.4, -0.2) is 62.6 Å². The maximum absolute atomic E-state index is 13.2. The van der Waals surface area contributed by atoms with Crippen LogP contribution in [0.2, 0.25) is 0 Å². The lowest BCUT2D eigenvalue weighted by atomic mass is 10.2. The smallest absolute Gasteiger partial charge is 0.433 e. The minimum absolute atomic E-state index is 0.0269. The molecule has 0 atom stereocenters. The second-order valence-corrected chi connectivity index (χ2v) is 7.79. The second-order valence-electron chi connectivity index (χ2n) is 7.79. The first-order chi connectivity index (χ1) is 16.2. The molecule has 1 aromatic carbocycles. The molecule has 0 saturated carbocycles. The Morgan fingerprint density at radius 1 is 1.09 bits per heavy atom. The number of alkyl halides is 3. The van der Waals surface area contributed by atoms with E-state index in [-0.39, 0.29) is 49.3 Å². The molecule has 4 rings (SSSR count). The number of hydrogen-bond donors (Lipinski definition) is 2. The number of piperazine rings is 1. The van der Waals surface area contributed by atoms with E-state index in [9.17, 15) is 22.8 Å². The summed E-state index contributed by atoms with van der Waals surface area (Å²) in [5.41, 5.74) is 5.32. The summed E-state index contributed by atoms with van der Waals surface area (Å²) < 4.78 is 47.0. The zero-order chi connectivity index (χ0) is 24.5. The lowest BCUT2D eigenvalue weighted by Gasteiger charge is -2.33. The third kappa shape index (κ3) is 4.91. The molecule has 12 heteroatoms. The van der Waals surface area contributed by atoms with Gasteiger partial charge in [-0.3, -0.25) is 4.79 Å². The summed E-state index contributed by atoms with van der Waals surface area (Å²) in [5.74, 6) is -0.113. The molecule has 1 aliphatic heterocycles. The van der Waals surface area contributed by atoms with E-state index >= 15 is 0 Å². The Kier molecular flexibility index (Phi) is 6.33. The lowest BCUT2D eigenvalue weighted by molar-refractivity contribution is -0.141. The molecular formula is C22H22F3N5O4. The monoisotopic (exact) mass is 477 g/mol. The minimum Gasteiger partial charge on any atom is -0.465 e. The molecule has 34 heavy (non-hydrogen) atoms. The highest BCUT2D eigenvalue weighted by Crippen LogP contribution is 2.34. The quantitative estimate of drug-likeness (QED) is 0.584. The van der Waals surface area contributed by atoms with E-state index in [1.807, 2.05) is 0 Å². The van der Waals surface area contributed by atoms with Crippen LogP contribution in [0.4, 0.5) is 18.0 Å². The molecule has 180 valence electrons. The van der Waals surface area contributed by atoms with E-state index in [1.54, 1.807) is 39.9 Å². The number of fused-ring (bicyclic) bond motifs is 1. The van der Waals surface area contributed by atoms with Crippen LogP contribution >= 0.6 is 0 Å². The van der Waals surface area contributed by atoms with Crippen LogP contribution in [0, 0.1) is 0 Å². The Hall–Kier alpha value is -3.80. The van der Waals surface area contributed by atoms with E-state index in [2.05, 4.69) is 4.98 Å². The van der Waals surface area contributed by atoms with Crippen molar-refractivity contribution in [1.29, 1.82) is 0 Å². The second kappa shape index (κ2) is 9.21. The number of carbonyl (C=O) groups excluding carboxylic acids is 1. The topological polar surface area (TPSA) is 114 Å². The Bertz CT molecular complexity index is 1220. The number of carbonyl (C=O) groups is 2. The first kappa shape index (κ1) is 23.4. The molecule has 0 bridgehead atoms. The standard InChI is InChI=1S/C22H22F3N5O4/c23-22(24,25)18-10-14(12-26)11-19(27-18)34-17-3-1-2-16-15(17)4-5-30(16)13-20(31)28-6-8-29(9-7-28)21(32)33/h1-5,10-11H,6-9,12-13,26H2,(H,32,33). The van der Waals surface area contributed by atoms with Crippen molar-refractivity contribution in [2.75, 3.05) is 26.2 Å². The summed E-state index contributed by atoms with van der Waals surface area (Å²) >= 11 is 0. The minimum atomic E-state index is -4.64. The van der Waals surface area contributed by atoms with Crippen LogP contribution in [-0.2, 0) is 24.1 Å². The van der Waals surface area contributed by atoms with Crippen molar-refractivity contribution in [2.24, 2.45) is 5.73 Å². The van der Waals surface area contributed by atoms with Gasteiger partial charge in [-0.15, -0.1) is 0 Å². The van der Waals surface area contributed by atoms with Crippen LogP contribution in [0.3, 0.4) is 0 Å². The third-order valence-corrected chi connectivity index (χ3v) is 5.58. The van der Waals surface area contributed by atoms with E-state index in [0.717, 1.165) is 6.07 Å². The normalized spacial score (nSPS) is 14.5. The molecule has 0 unspecified atom stereocenters. The maximum atomic E-state index is 13.2. The summed E-state index contributed by atoms with van der Waals surface area (Å²) in [5, 5.41) is 9.64. The number of rotatable bonds is 5. The van der Waals surface area contributed by atoms with Crippen LogP contribution < -0.4 is 10.5 Å². The van der Waals surface area contributed by atoms with Gasteiger partial charge in [-0.1, -0.05) is 6.07 Å². The molecule has 1 fully saturated rings. The molecule has 3 heterocycles. The van der Waals surface area contributed by atoms with Crippen molar-refractivity contribution < 1.29 is 32.6 Å². The summed E-state index contributed by atoms with van der Waals surface area (Å²) in [7, 11) is 0. The average Bonchev–Trinajstić information content (AvgIpc) is 3.22. The number of pyridine rings is 1. The van der Waals surface area contributed by atoms with E-state index < -0.39 is 18.0 Å². The van der Waals surface area contributed by atoms with Gasteiger partial charge < -0.3 is 29.9 Å². The van der Waals surface area contributed by atoms with Gasteiger partial charge in [-0.2, -0.15) is 13.2 Å². The Labute approximate surface area is 192 Å². The van der Waals surface area contributed by atoms with Gasteiger partial charge in [-0.25, -0.2) is 9.78 Å². The summed E-state index contributed by atoms with van der Waals surface area (Å²) in [6.07, 6.45) is -3.96. The van der Waals surface area contributed by atoms with Crippen molar-refractivity contribution in [3.8, 4) is 11.6 Å². The predicted octanol–water partition coefficient (Wildman–Crippen LogP) is 3.13. The number of nitrogens with two attached hydrogens (primary N) is 1. The van der Waals surface area contributed by atoms with Gasteiger partial charge in [0.05, 0.1) is 5.52 Å². The Morgan fingerprint density at radius 3 is 2.44 bits per heavy atom. The molecule has 0 spiro atoms. The van der Waals surface area contributed by atoms with Crippen molar-refractivity contribution >= 4 is 22.9 Å². The predicted molar refractivity (Wildman–Crippen MR) is 115 cm³/mol. The van der Waals surface area contributed by atoms with Gasteiger partial charge in [0.1, 0.15) is 18.0 Å². The lowest BCUT2D eigenvalue weighted by Crippen LogP contribution is -2.50. The van der Waals surface area contributed by atoms with Gasteiger partial charge in [0.15, 0.2) is 0 Å². The van der Waals surface area contributed by atoms with Crippen molar-refractivity contribution in [3.05, 3.63) is 53.9 Å². The van der Waals surface area contributed by atoms with Gasteiger partial charge in [0, 0.05) is 50.4 Å². The maximum Gasteiger partial charge on any atom is 0.433 e. The molecule has 1 aliphatic rings. The summed E-state index contributed by atoms with van der Waals surface area (Å²) in [6.45, 7) is 1.04. The highest BCUT2D eigenvalue weighted by molar-refractivity contribution is 5.88. The van der Waals surface area contributed by atoms with Crippen molar-refractivity contribution in [3.63, 3.8) is 0 Å². The van der Waals surface area contributed by atoms with Gasteiger partial charge in [0.25, 0.3) is 0 Å². The summed E-state index contributed by atoms with van der Waals surface area (Å²) in [6, 6.07) is 8.98. The van der Waals surface area contributed by atoms with Gasteiger partial charge in [0.2, 0.25) is 11.8 Å². The van der Waals surface area contributed by atoms with Crippen LogP contribution in [0.15, 0.2) is 42.6 Å². The Morgan fingerprint density at radius 2 is 1.79 bits per heavy atom. The number of halogens is 3.